The summed E-state index contributed by atoms with van der Waals surface area (Å²) >= 11 is 6.02. The Labute approximate surface area is 112 Å². The van der Waals surface area contributed by atoms with Gasteiger partial charge in [-0.25, -0.2) is 18.1 Å². The quantitative estimate of drug-likeness (QED) is 0.831. The third-order valence-electron chi connectivity index (χ3n) is 3.31. The molecule has 1 saturated carbocycles. The van der Waals surface area contributed by atoms with Crippen molar-refractivity contribution in [3.05, 3.63) is 12.0 Å². The Bertz CT molecular complexity index is 492. The molecule has 1 fully saturated rings. The minimum Gasteiger partial charge on any atom is -0.332 e. The number of halogens is 1. The number of hydrogen-bond donors (Lipinski definition) is 2. The second-order valence-electron chi connectivity index (χ2n) is 4.80. The molecule has 0 saturated heterocycles. The van der Waals surface area contributed by atoms with Crippen LogP contribution >= 0.6 is 11.6 Å². The van der Waals surface area contributed by atoms with Crippen LogP contribution in [0.3, 0.4) is 0 Å². The van der Waals surface area contributed by atoms with E-state index in [-0.39, 0.29) is 10.4 Å². The molecule has 1 aromatic rings. The van der Waals surface area contributed by atoms with E-state index >= 15 is 0 Å². The summed E-state index contributed by atoms with van der Waals surface area (Å²) in [6.45, 7) is 2.20. The van der Waals surface area contributed by atoms with Crippen LogP contribution in [-0.2, 0) is 10.0 Å². The van der Waals surface area contributed by atoms with E-state index < -0.39 is 10.0 Å². The topological polar surface area (TPSA) is 74.8 Å². The summed E-state index contributed by atoms with van der Waals surface area (Å²) in [6, 6.07) is 0. The Morgan fingerprint density at radius 3 is 2.67 bits per heavy atom. The molecule has 1 aromatic heterocycles. The number of alkyl halides is 1. The minimum absolute atomic E-state index is 0.131. The number of nitrogens with one attached hydrogen (secondary N) is 2. The van der Waals surface area contributed by atoms with Crippen molar-refractivity contribution in [1.29, 1.82) is 0 Å². The van der Waals surface area contributed by atoms with Gasteiger partial charge in [0.15, 0.2) is 5.03 Å². The van der Waals surface area contributed by atoms with Crippen molar-refractivity contribution in [3.8, 4) is 0 Å². The number of aromatic nitrogens is 2. The summed E-state index contributed by atoms with van der Waals surface area (Å²) in [5.41, 5.74) is 0. The summed E-state index contributed by atoms with van der Waals surface area (Å²) in [7, 11) is -3.45. The van der Waals surface area contributed by atoms with Crippen LogP contribution in [0, 0.1) is 12.8 Å². The van der Waals surface area contributed by atoms with E-state index in [1.165, 1.54) is 6.20 Å². The van der Waals surface area contributed by atoms with Crippen molar-refractivity contribution in [1.82, 2.24) is 14.7 Å². The number of imidazole rings is 1. The second kappa shape index (κ2) is 5.59. The molecule has 0 unspecified atom stereocenters. The van der Waals surface area contributed by atoms with Crippen molar-refractivity contribution in [2.75, 3.05) is 6.54 Å². The van der Waals surface area contributed by atoms with E-state index in [1.807, 2.05) is 0 Å². The SMILES string of the molecule is Cc1ncc(S(=O)(=O)NCC2CCC(Cl)CC2)[nH]1. The van der Waals surface area contributed by atoms with E-state index in [0.717, 1.165) is 25.7 Å². The number of sulfonamides is 1. The molecule has 18 heavy (non-hydrogen) atoms. The van der Waals surface area contributed by atoms with Crippen molar-refractivity contribution in [2.24, 2.45) is 5.92 Å². The van der Waals surface area contributed by atoms with Crippen LogP contribution in [0.2, 0.25) is 0 Å². The Morgan fingerprint density at radius 2 is 2.11 bits per heavy atom. The van der Waals surface area contributed by atoms with Crippen molar-refractivity contribution >= 4 is 21.6 Å². The molecule has 7 heteroatoms. The van der Waals surface area contributed by atoms with E-state index in [9.17, 15) is 8.42 Å². The van der Waals surface area contributed by atoms with E-state index in [0.29, 0.717) is 18.3 Å². The summed E-state index contributed by atoms with van der Waals surface area (Å²) in [4.78, 5) is 6.62. The molecule has 2 rings (SSSR count). The Morgan fingerprint density at radius 1 is 1.44 bits per heavy atom. The van der Waals surface area contributed by atoms with Gasteiger partial charge in [0.1, 0.15) is 5.82 Å². The van der Waals surface area contributed by atoms with Gasteiger partial charge in [-0.15, -0.1) is 11.6 Å². The summed E-state index contributed by atoms with van der Waals surface area (Å²) in [5.74, 6) is 0.983. The molecule has 0 radical (unpaired) electrons. The van der Waals surface area contributed by atoms with Crippen molar-refractivity contribution < 1.29 is 8.42 Å². The summed E-state index contributed by atoms with van der Waals surface area (Å²) < 4.78 is 26.5. The molecule has 0 aromatic carbocycles. The normalized spacial score (nSPS) is 25.2. The average molecular weight is 292 g/mol. The Kier molecular flexibility index (Phi) is 4.29. The molecule has 0 amide bonds. The third kappa shape index (κ3) is 3.46. The largest absolute Gasteiger partial charge is 0.332 e. The zero-order valence-electron chi connectivity index (χ0n) is 10.3. The van der Waals surface area contributed by atoms with Crippen LogP contribution in [-0.4, -0.2) is 30.3 Å². The van der Waals surface area contributed by atoms with E-state index in [4.69, 9.17) is 11.6 Å². The molecule has 2 N–H and O–H groups in total. The predicted octanol–water partition coefficient (Wildman–Crippen LogP) is 1.79. The number of aromatic amines is 1. The zero-order valence-corrected chi connectivity index (χ0v) is 11.9. The maximum atomic E-state index is 11.9. The first-order valence-corrected chi connectivity index (χ1v) is 8.04. The van der Waals surface area contributed by atoms with Gasteiger partial charge < -0.3 is 4.98 Å². The predicted molar refractivity (Wildman–Crippen MR) is 70.1 cm³/mol. The molecule has 1 heterocycles. The smallest absolute Gasteiger partial charge is 0.257 e. The zero-order chi connectivity index (χ0) is 13.2. The van der Waals surface area contributed by atoms with E-state index in [2.05, 4.69) is 14.7 Å². The number of hydrogen-bond acceptors (Lipinski definition) is 3. The molecule has 102 valence electrons. The number of nitrogens with zero attached hydrogens (tertiary/aromatic N) is 1. The maximum Gasteiger partial charge on any atom is 0.257 e. The highest BCUT2D eigenvalue weighted by Crippen LogP contribution is 2.27. The fraction of sp³-hybridized carbons (Fsp3) is 0.727. The van der Waals surface area contributed by atoms with Crippen LogP contribution in [0.1, 0.15) is 31.5 Å². The lowest BCUT2D eigenvalue weighted by Crippen LogP contribution is -2.31. The van der Waals surface area contributed by atoms with Crippen LogP contribution in [0.4, 0.5) is 0 Å². The van der Waals surface area contributed by atoms with Gasteiger partial charge in [0.05, 0.1) is 6.20 Å². The number of aryl methyl sites for hydroxylation is 1. The lowest BCUT2D eigenvalue weighted by atomic mass is 9.89. The lowest BCUT2D eigenvalue weighted by Gasteiger charge is -2.24. The highest BCUT2D eigenvalue weighted by molar-refractivity contribution is 7.89. The van der Waals surface area contributed by atoms with Gasteiger partial charge in [-0.05, 0) is 38.5 Å². The molecular formula is C11H18ClN3O2S. The van der Waals surface area contributed by atoms with Gasteiger partial charge in [0.2, 0.25) is 0 Å². The van der Waals surface area contributed by atoms with Gasteiger partial charge in [-0.1, -0.05) is 0 Å². The fourth-order valence-corrected chi connectivity index (χ4v) is 3.50. The molecule has 0 atom stereocenters. The number of rotatable bonds is 4. The van der Waals surface area contributed by atoms with Crippen LogP contribution in [0.25, 0.3) is 0 Å². The monoisotopic (exact) mass is 291 g/mol. The van der Waals surface area contributed by atoms with Gasteiger partial charge in [0, 0.05) is 11.9 Å². The van der Waals surface area contributed by atoms with E-state index in [1.54, 1.807) is 6.92 Å². The first kappa shape index (κ1) is 13.8. The molecule has 0 aliphatic heterocycles. The summed E-state index contributed by atoms with van der Waals surface area (Å²) in [6.07, 6.45) is 5.25. The Hall–Kier alpha value is -0.590. The highest BCUT2D eigenvalue weighted by Gasteiger charge is 2.22. The van der Waals surface area contributed by atoms with Gasteiger partial charge in [-0.2, -0.15) is 0 Å². The van der Waals surface area contributed by atoms with Crippen molar-refractivity contribution in [2.45, 2.75) is 43.0 Å². The van der Waals surface area contributed by atoms with Gasteiger partial charge in [-0.3, -0.25) is 0 Å². The molecular weight excluding hydrogens is 274 g/mol. The second-order valence-corrected chi connectivity index (χ2v) is 7.16. The number of H-pyrrole nitrogens is 1. The molecule has 5 nitrogen and oxygen atoms in total. The van der Waals surface area contributed by atoms with Crippen LogP contribution in [0.15, 0.2) is 11.2 Å². The van der Waals surface area contributed by atoms with Crippen molar-refractivity contribution in [3.63, 3.8) is 0 Å². The van der Waals surface area contributed by atoms with Gasteiger partial charge in [0.25, 0.3) is 10.0 Å². The van der Waals surface area contributed by atoms with Crippen LogP contribution in [0.5, 0.6) is 0 Å². The summed E-state index contributed by atoms with van der Waals surface area (Å²) in [5, 5.41) is 0.388. The first-order chi connectivity index (χ1) is 8.47. The highest BCUT2D eigenvalue weighted by atomic mass is 35.5. The van der Waals surface area contributed by atoms with Crippen LogP contribution < -0.4 is 4.72 Å². The standard InChI is InChI=1S/C11H18ClN3O2S/c1-8-13-7-11(15-8)18(16,17)14-6-9-2-4-10(12)5-3-9/h7,9-10,14H,2-6H2,1H3,(H,13,15). The lowest BCUT2D eigenvalue weighted by molar-refractivity contribution is 0.361. The molecule has 1 aliphatic rings. The minimum atomic E-state index is -3.45. The maximum absolute atomic E-state index is 11.9. The Balaban J connectivity index is 1.90. The average Bonchev–Trinajstić information content (AvgIpc) is 2.76. The first-order valence-electron chi connectivity index (χ1n) is 6.13. The third-order valence-corrected chi connectivity index (χ3v) is 5.08. The van der Waals surface area contributed by atoms with Gasteiger partial charge >= 0.3 is 0 Å². The molecule has 1 aliphatic carbocycles. The molecule has 0 spiro atoms. The molecule has 0 bridgehead atoms. The fourth-order valence-electron chi connectivity index (χ4n) is 2.17.